The van der Waals surface area contributed by atoms with E-state index >= 15 is 0 Å². The smallest absolute Gasteiger partial charge is 0.260 e. The van der Waals surface area contributed by atoms with Gasteiger partial charge in [-0.05, 0) is 52.4 Å². The Morgan fingerprint density at radius 2 is 2.17 bits per heavy atom. The molecule has 3 rings (SSSR count). The van der Waals surface area contributed by atoms with Crippen LogP contribution in [0.2, 0.25) is 0 Å². The lowest BCUT2D eigenvalue weighted by Crippen LogP contribution is -2.31. The molecule has 0 fully saturated rings. The van der Waals surface area contributed by atoms with Crippen molar-refractivity contribution in [2.24, 2.45) is 0 Å². The maximum Gasteiger partial charge on any atom is 0.260 e. The van der Waals surface area contributed by atoms with Crippen molar-refractivity contribution in [1.29, 1.82) is 0 Å². The molecule has 126 valence electrons. The minimum Gasteiger partial charge on any atom is -0.483 e. The number of Topliss-reactive ketones (excluding diaryl/α,β-unsaturated/α-hetero) is 1. The first-order chi connectivity index (χ1) is 11.5. The Morgan fingerprint density at radius 3 is 2.88 bits per heavy atom. The summed E-state index contributed by atoms with van der Waals surface area (Å²) in [5.41, 5.74) is 3.94. The Balaban J connectivity index is 1.69. The van der Waals surface area contributed by atoms with E-state index in [0.717, 1.165) is 16.7 Å². The first-order valence-corrected chi connectivity index (χ1v) is 8.96. The van der Waals surface area contributed by atoms with Crippen LogP contribution in [0.15, 0.2) is 29.0 Å². The van der Waals surface area contributed by atoms with Gasteiger partial charge in [-0.25, -0.2) is 0 Å². The van der Waals surface area contributed by atoms with Gasteiger partial charge in [0.1, 0.15) is 5.75 Å². The molecule has 0 radical (unpaired) electrons. The number of thiophene rings is 1. The minimum absolute atomic E-state index is 0.0577. The molecule has 2 aromatic rings. The number of rotatable bonds is 5. The topological polar surface area (TPSA) is 46.6 Å². The van der Waals surface area contributed by atoms with Gasteiger partial charge >= 0.3 is 0 Å². The summed E-state index contributed by atoms with van der Waals surface area (Å²) in [6.45, 7) is 4.57. The molecule has 1 aromatic heterocycles. The van der Waals surface area contributed by atoms with Crippen molar-refractivity contribution in [3.63, 3.8) is 0 Å². The molecule has 24 heavy (non-hydrogen) atoms. The van der Waals surface area contributed by atoms with E-state index in [0.29, 0.717) is 24.3 Å². The van der Waals surface area contributed by atoms with Crippen LogP contribution in [0.1, 0.15) is 46.3 Å². The Bertz CT molecular complexity index is 767. The van der Waals surface area contributed by atoms with Crippen molar-refractivity contribution in [1.82, 2.24) is 4.90 Å². The van der Waals surface area contributed by atoms with Gasteiger partial charge in [0.25, 0.3) is 5.91 Å². The fraction of sp³-hybridized carbons (Fsp3) is 0.368. The van der Waals surface area contributed by atoms with Gasteiger partial charge in [-0.2, -0.15) is 11.3 Å². The van der Waals surface area contributed by atoms with E-state index in [-0.39, 0.29) is 24.2 Å². The number of ketones is 1. The summed E-state index contributed by atoms with van der Waals surface area (Å²) in [6.07, 6.45) is 0.516. The number of fused-ring (bicyclic) bond motifs is 1. The summed E-state index contributed by atoms with van der Waals surface area (Å²) in [6, 6.07) is 5.77. The summed E-state index contributed by atoms with van der Waals surface area (Å²) >= 11 is 1.61. The van der Waals surface area contributed by atoms with Crippen molar-refractivity contribution >= 4 is 23.0 Å². The highest BCUT2D eigenvalue weighted by Gasteiger charge is 2.31. The van der Waals surface area contributed by atoms with Crippen LogP contribution in [-0.2, 0) is 11.3 Å². The number of carbonyl (C=O) groups excluding carboxylic acids is 2. The predicted molar refractivity (Wildman–Crippen MR) is 94.8 cm³/mol. The van der Waals surface area contributed by atoms with Gasteiger partial charge in [0.15, 0.2) is 12.4 Å². The molecule has 0 bridgehead atoms. The molecule has 1 heterocycles. The Morgan fingerprint density at radius 1 is 1.38 bits per heavy atom. The van der Waals surface area contributed by atoms with Crippen LogP contribution in [0, 0.1) is 6.92 Å². The van der Waals surface area contributed by atoms with Gasteiger partial charge in [0, 0.05) is 20.0 Å². The van der Waals surface area contributed by atoms with E-state index in [9.17, 15) is 9.59 Å². The van der Waals surface area contributed by atoms with E-state index in [1.807, 2.05) is 29.8 Å². The second kappa shape index (κ2) is 6.77. The molecule has 0 N–H and O–H groups in total. The standard InChI is InChI=1S/C19H21NO3S/c1-12-4-5-16(19-15(21)8-13(2)18(12)19)23-10-17(22)20(3)9-14-6-7-24-11-14/h4-7,11,13H,8-10H2,1-3H3/t13-/m1/s1. The van der Waals surface area contributed by atoms with Gasteiger partial charge in [0.05, 0.1) is 5.56 Å². The van der Waals surface area contributed by atoms with Crippen molar-refractivity contribution in [2.75, 3.05) is 13.7 Å². The van der Waals surface area contributed by atoms with Crippen LogP contribution in [0.5, 0.6) is 5.75 Å². The molecule has 1 aliphatic carbocycles. The maximum atomic E-state index is 12.3. The number of aryl methyl sites for hydroxylation is 1. The molecule has 0 unspecified atom stereocenters. The van der Waals surface area contributed by atoms with Crippen LogP contribution < -0.4 is 4.74 Å². The molecule has 0 aliphatic heterocycles. The number of benzene rings is 1. The zero-order valence-corrected chi connectivity index (χ0v) is 15.0. The molecule has 0 spiro atoms. The number of hydrogen-bond acceptors (Lipinski definition) is 4. The summed E-state index contributed by atoms with van der Waals surface area (Å²) in [5.74, 6) is 0.750. The average molecular weight is 343 g/mol. The highest BCUT2D eigenvalue weighted by Crippen LogP contribution is 2.40. The van der Waals surface area contributed by atoms with E-state index in [2.05, 4.69) is 6.92 Å². The third kappa shape index (κ3) is 3.22. The van der Waals surface area contributed by atoms with Gasteiger partial charge in [-0.15, -0.1) is 0 Å². The average Bonchev–Trinajstić information content (AvgIpc) is 3.15. The van der Waals surface area contributed by atoms with E-state index < -0.39 is 0 Å². The molecule has 0 saturated heterocycles. The second-order valence-corrected chi connectivity index (χ2v) is 7.15. The SMILES string of the molecule is Cc1ccc(OCC(=O)N(C)Cc2ccsc2)c2c1[C@H](C)CC2=O. The van der Waals surface area contributed by atoms with Crippen LogP contribution in [0.4, 0.5) is 0 Å². The third-order valence-corrected chi connectivity index (χ3v) is 5.20. The largest absolute Gasteiger partial charge is 0.483 e. The van der Waals surface area contributed by atoms with E-state index in [4.69, 9.17) is 4.74 Å². The molecule has 0 saturated carbocycles. The lowest BCUT2D eigenvalue weighted by atomic mass is 9.97. The maximum absolute atomic E-state index is 12.3. The van der Waals surface area contributed by atoms with Crippen LogP contribution in [0.3, 0.4) is 0 Å². The van der Waals surface area contributed by atoms with Crippen molar-refractivity contribution in [2.45, 2.75) is 32.7 Å². The number of nitrogens with zero attached hydrogens (tertiary/aromatic N) is 1. The number of likely N-dealkylation sites (N-methyl/N-ethyl adjacent to an activating group) is 1. The predicted octanol–water partition coefficient (Wildman–Crippen LogP) is 3.78. The zero-order chi connectivity index (χ0) is 17.3. The Kier molecular flexibility index (Phi) is 4.71. The van der Waals surface area contributed by atoms with Crippen LogP contribution >= 0.6 is 11.3 Å². The van der Waals surface area contributed by atoms with Crippen molar-refractivity contribution in [3.05, 3.63) is 51.2 Å². The molecule has 1 aliphatic rings. The quantitative estimate of drug-likeness (QED) is 0.830. The van der Waals surface area contributed by atoms with Gasteiger partial charge in [-0.3, -0.25) is 9.59 Å². The number of ether oxygens (including phenoxy) is 1. The lowest BCUT2D eigenvalue weighted by molar-refractivity contribution is -0.132. The third-order valence-electron chi connectivity index (χ3n) is 4.47. The first kappa shape index (κ1) is 16.7. The highest BCUT2D eigenvalue weighted by atomic mass is 32.1. The normalized spacial score (nSPS) is 16.1. The summed E-state index contributed by atoms with van der Waals surface area (Å²) < 4.78 is 5.72. The first-order valence-electron chi connectivity index (χ1n) is 8.02. The summed E-state index contributed by atoms with van der Waals surface area (Å²) in [7, 11) is 1.76. The number of hydrogen-bond donors (Lipinski definition) is 0. The Hall–Kier alpha value is -2.14. The van der Waals surface area contributed by atoms with E-state index in [1.54, 1.807) is 29.4 Å². The molecule has 1 amide bonds. The number of carbonyl (C=O) groups is 2. The van der Waals surface area contributed by atoms with Crippen molar-refractivity contribution in [3.8, 4) is 5.75 Å². The van der Waals surface area contributed by atoms with Gasteiger partial charge in [-0.1, -0.05) is 13.0 Å². The van der Waals surface area contributed by atoms with Crippen molar-refractivity contribution < 1.29 is 14.3 Å². The molecular weight excluding hydrogens is 322 g/mol. The molecule has 4 nitrogen and oxygen atoms in total. The minimum atomic E-state index is -0.103. The summed E-state index contributed by atoms with van der Waals surface area (Å²) in [5, 5.41) is 4.02. The molecular formula is C19H21NO3S. The van der Waals surface area contributed by atoms with E-state index in [1.165, 1.54) is 0 Å². The fourth-order valence-corrected chi connectivity index (χ4v) is 3.88. The van der Waals surface area contributed by atoms with Gasteiger partial charge in [0.2, 0.25) is 0 Å². The van der Waals surface area contributed by atoms with Gasteiger partial charge < -0.3 is 9.64 Å². The molecule has 1 aromatic carbocycles. The lowest BCUT2D eigenvalue weighted by Gasteiger charge is -2.18. The summed E-state index contributed by atoms with van der Waals surface area (Å²) in [4.78, 5) is 26.2. The van der Waals surface area contributed by atoms with Crippen LogP contribution in [-0.4, -0.2) is 30.2 Å². The molecule has 1 atom stereocenters. The monoisotopic (exact) mass is 343 g/mol. The molecule has 5 heteroatoms. The van der Waals surface area contributed by atoms with Crippen LogP contribution in [0.25, 0.3) is 0 Å². The zero-order valence-electron chi connectivity index (χ0n) is 14.2. The Labute approximate surface area is 146 Å². The number of amides is 1. The highest BCUT2D eigenvalue weighted by molar-refractivity contribution is 7.07. The second-order valence-electron chi connectivity index (χ2n) is 6.37. The fourth-order valence-electron chi connectivity index (χ4n) is 3.22.